The fourth-order valence-electron chi connectivity index (χ4n) is 1.96. The lowest BCUT2D eigenvalue weighted by atomic mass is 10.2. The van der Waals surface area contributed by atoms with Crippen LogP contribution >= 0.6 is 11.6 Å². The van der Waals surface area contributed by atoms with Crippen molar-refractivity contribution in [3.63, 3.8) is 0 Å². The van der Waals surface area contributed by atoms with Crippen LogP contribution in [-0.4, -0.2) is 31.9 Å². The van der Waals surface area contributed by atoms with Crippen molar-refractivity contribution in [3.8, 4) is 5.75 Å². The molecule has 0 unspecified atom stereocenters. The molecule has 10 heteroatoms. The van der Waals surface area contributed by atoms with Crippen molar-refractivity contribution in [1.29, 1.82) is 0 Å². The van der Waals surface area contributed by atoms with E-state index in [9.17, 15) is 20.0 Å². The van der Waals surface area contributed by atoms with Crippen LogP contribution in [0.15, 0.2) is 23.3 Å². The fraction of sp³-hybridized carbons (Fsp3) is 0.154. The Hall–Kier alpha value is -2.94. The Balaban J connectivity index is 2.22. The van der Waals surface area contributed by atoms with Crippen molar-refractivity contribution in [2.75, 3.05) is 0 Å². The number of nitro groups is 1. The molecule has 2 rings (SSSR count). The minimum atomic E-state index is -0.794. The Bertz CT molecular complexity index is 815. The number of amides is 1. The Labute approximate surface area is 135 Å². The van der Waals surface area contributed by atoms with Crippen molar-refractivity contribution >= 4 is 29.4 Å². The van der Waals surface area contributed by atoms with Crippen LogP contribution in [0.4, 0.5) is 5.69 Å². The van der Waals surface area contributed by atoms with E-state index in [1.807, 2.05) is 0 Å². The van der Waals surface area contributed by atoms with Crippen molar-refractivity contribution in [2.24, 2.45) is 12.1 Å². The highest BCUT2D eigenvalue weighted by Gasteiger charge is 2.29. The number of benzene rings is 1. The van der Waals surface area contributed by atoms with E-state index < -0.39 is 10.8 Å². The number of aromatic hydroxyl groups is 1. The number of aryl methyl sites for hydroxylation is 2. The molecule has 1 aromatic heterocycles. The molecule has 0 aliphatic heterocycles. The monoisotopic (exact) mass is 337 g/mol. The maximum atomic E-state index is 12.1. The highest BCUT2D eigenvalue weighted by molar-refractivity contribution is 6.30. The van der Waals surface area contributed by atoms with E-state index in [1.54, 1.807) is 0 Å². The third-order valence-electron chi connectivity index (χ3n) is 2.95. The molecule has 120 valence electrons. The molecule has 23 heavy (non-hydrogen) atoms. The largest absolute Gasteiger partial charge is 0.507 e. The van der Waals surface area contributed by atoms with Crippen LogP contribution in [-0.2, 0) is 7.05 Å². The van der Waals surface area contributed by atoms with Crippen molar-refractivity contribution in [2.45, 2.75) is 6.92 Å². The van der Waals surface area contributed by atoms with Gasteiger partial charge in [0.1, 0.15) is 11.4 Å². The predicted octanol–water partition coefficient (Wildman–Crippen LogP) is 1.76. The van der Waals surface area contributed by atoms with Gasteiger partial charge in [0.25, 0.3) is 5.91 Å². The molecular weight excluding hydrogens is 326 g/mol. The van der Waals surface area contributed by atoms with Crippen LogP contribution in [0.1, 0.15) is 21.7 Å². The van der Waals surface area contributed by atoms with Crippen molar-refractivity contribution in [3.05, 3.63) is 50.3 Å². The van der Waals surface area contributed by atoms with Crippen molar-refractivity contribution < 1.29 is 14.8 Å². The van der Waals surface area contributed by atoms with E-state index in [0.717, 1.165) is 4.68 Å². The van der Waals surface area contributed by atoms with E-state index in [0.29, 0.717) is 5.02 Å². The molecule has 0 spiro atoms. The normalized spacial score (nSPS) is 10.9. The minimum absolute atomic E-state index is 0.0743. The molecule has 1 amide bonds. The number of halogens is 1. The molecule has 9 nitrogen and oxygen atoms in total. The molecule has 0 fully saturated rings. The SMILES string of the molecule is Cc1nn(C)c(C(=O)NN=Cc2cc(Cl)ccc2O)c1[N+](=O)[O-]. The molecule has 0 aliphatic rings. The van der Waals surface area contributed by atoms with Crippen molar-refractivity contribution in [1.82, 2.24) is 15.2 Å². The molecule has 0 saturated heterocycles. The van der Waals surface area contributed by atoms with E-state index >= 15 is 0 Å². The Morgan fingerprint density at radius 1 is 1.57 bits per heavy atom. The average molecular weight is 338 g/mol. The average Bonchev–Trinajstić information content (AvgIpc) is 2.77. The highest BCUT2D eigenvalue weighted by Crippen LogP contribution is 2.22. The number of nitrogens with one attached hydrogen (secondary N) is 1. The van der Waals surface area contributed by atoms with E-state index in [-0.39, 0.29) is 28.4 Å². The first-order chi connectivity index (χ1) is 10.8. The lowest BCUT2D eigenvalue weighted by Crippen LogP contribution is -2.22. The smallest absolute Gasteiger partial charge is 0.322 e. The van der Waals surface area contributed by atoms with Gasteiger partial charge < -0.3 is 5.11 Å². The summed E-state index contributed by atoms with van der Waals surface area (Å²) in [6, 6.07) is 4.32. The number of phenols is 1. The van der Waals surface area contributed by atoms with Gasteiger partial charge in [0.15, 0.2) is 0 Å². The van der Waals surface area contributed by atoms with Gasteiger partial charge in [-0.25, -0.2) is 5.43 Å². The zero-order valence-corrected chi connectivity index (χ0v) is 12.9. The first-order valence-corrected chi connectivity index (χ1v) is 6.69. The first kappa shape index (κ1) is 16.4. The van der Waals surface area contributed by atoms with Crippen LogP contribution in [0.2, 0.25) is 5.02 Å². The van der Waals surface area contributed by atoms with Crippen LogP contribution in [0.3, 0.4) is 0 Å². The van der Waals surface area contributed by atoms with Gasteiger partial charge in [0.2, 0.25) is 5.69 Å². The van der Waals surface area contributed by atoms with Crippen LogP contribution in [0.25, 0.3) is 0 Å². The lowest BCUT2D eigenvalue weighted by molar-refractivity contribution is -0.385. The third-order valence-corrected chi connectivity index (χ3v) is 3.18. The number of nitrogens with zero attached hydrogens (tertiary/aromatic N) is 4. The second-order valence-corrected chi connectivity index (χ2v) is 5.00. The zero-order chi connectivity index (χ0) is 17.1. The van der Waals surface area contributed by atoms with E-state index in [2.05, 4.69) is 15.6 Å². The second-order valence-electron chi connectivity index (χ2n) is 4.57. The summed E-state index contributed by atoms with van der Waals surface area (Å²) >= 11 is 5.79. The predicted molar refractivity (Wildman–Crippen MR) is 82.8 cm³/mol. The number of phenolic OH excluding ortho intramolecular Hbond substituents is 1. The summed E-state index contributed by atoms with van der Waals surface area (Å²) in [6.45, 7) is 1.43. The quantitative estimate of drug-likeness (QED) is 0.500. The van der Waals surface area contributed by atoms with Crippen LogP contribution in [0.5, 0.6) is 5.75 Å². The number of aromatic nitrogens is 2. The van der Waals surface area contributed by atoms with Crippen LogP contribution < -0.4 is 5.43 Å². The number of rotatable bonds is 4. The Morgan fingerprint density at radius 2 is 2.26 bits per heavy atom. The van der Waals surface area contributed by atoms with Gasteiger partial charge in [-0.2, -0.15) is 10.2 Å². The van der Waals surface area contributed by atoms with Gasteiger partial charge in [-0.1, -0.05) is 11.6 Å². The molecule has 1 heterocycles. The molecule has 2 aromatic rings. The lowest BCUT2D eigenvalue weighted by Gasteiger charge is -2.01. The molecule has 2 N–H and O–H groups in total. The summed E-state index contributed by atoms with van der Waals surface area (Å²) in [5.74, 6) is -0.868. The van der Waals surface area contributed by atoms with Gasteiger partial charge in [0, 0.05) is 17.6 Å². The summed E-state index contributed by atoms with van der Waals surface area (Å²) < 4.78 is 1.11. The summed E-state index contributed by atoms with van der Waals surface area (Å²) in [5.41, 5.74) is 1.96. The van der Waals surface area contributed by atoms with Crippen LogP contribution in [0, 0.1) is 17.0 Å². The molecular formula is C13H12ClN5O4. The maximum Gasteiger partial charge on any atom is 0.322 e. The fourth-order valence-corrected chi connectivity index (χ4v) is 2.14. The molecule has 0 radical (unpaired) electrons. The molecule has 0 bridgehead atoms. The number of hydrazone groups is 1. The third kappa shape index (κ3) is 3.46. The van der Waals surface area contributed by atoms with Gasteiger partial charge in [0.05, 0.1) is 11.1 Å². The number of hydrogen-bond donors (Lipinski definition) is 2. The Kier molecular flexibility index (Phi) is 4.60. The van der Waals surface area contributed by atoms with Gasteiger partial charge in [-0.05, 0) is 25.1 Å². The number of hydrogen-bond acceptors (Lipinski definition) is 6. The molecule has 0 saturated carbocycles. The summed E-state index contributed by atoms with van der Waals surface area (Å²) in [6.07, 6.45) is 1.17. The zero-order valence-electron chi connectivity index (χ0n) is 12.1. The topological polar surface area (TPSA) is 123 Å². The van der Waals surface area contributed by atoms with Gasteiger partial charge in [-0.3, -0.25) is 19.6 Å². The second kappa shape index (κ2) is 6.44. The van der Waals surface area contributed by atoms with Gasteiger partial charge >= 0.3 is 5.69 Å². The minimum Gasteiger partial charge on any atom is -0.507 e. The van der Waals surface area contributed by atoms with Gasteiger partial charge in [-0.15, -0.1) is 0 Å². The number of carbonyl (C=O) groups is 1. The van der Waals surface area contributed by atoms with E-state index in [4.69, 9.17) is 11.6 Å². The first-order valence-electron chi connectivity index (χ1n) is 6.31. The number of carbonyl (C=O) groups excluding carboxylic acids is 1. The summed E-state index contributed by atoms with van der Waals surface area (Å²) in [7, 11) is 1.42. The molecule has 0 atom stereocenters. The Morgan fingerprint density at radius 3 is 2.91 bits per heavy atom. The standard InChI is InChI=1S/C13H12ClN5O4/c1-7-11(19(22)23)12(18(2)17-7)13(21)16-15-6-8-5-9(14)3-4-10(8)20/h3-6,20H,1-2H3,(H,16,21). The molecule has 1 aromatic carbocycles. The summed E-state index contributed by atoms with van der Waals surface area (Å²) in [5, 5.41) is 28.5. The maximum absolute atomic E-state index is 12.1. The van der Waals surface area contributed by atoms with E-state index in [1.165, 1.54) is 38.4 Å². The highest BCUT2D eigenvalue weighted by atomic mass is 35.5. The molecule has 0 aliphatic carbocycles. The summed E-state index contributed by atoms with van der Waals surface area (Å²) in [4.78, 5) is 22.4.